The molecule has 1 aliphatic rings. The van der Waals surface area contributed by atoms with Crippen molar-refractivity contribution < 1.29 is 13.9 Å². The van der Waals surface area contributed by atoms with E-state index < -0.39 is 0 Å². The third-order valence-corrected chi connectivity index (χ3v) is 2.08. The van der Waals surface area contributed by atoms with E-state index in [-0.39, 0.29) is 0 Å². The molecule has 0 aromatic rings. The molecule has 4 heteroatoms. The Kier molecular flexibility index (Phi) is 42.1. The van der Waals surface area contributed by atoms with Gasteiger partial charge in [0.25, 0.3) is 0 Å². The largest absolute Gasteiger partial charge is 0.378 e. The molecule has 0 saturated carbocycles. The van der Waals surface area contributed by atoms with Crippen molar-refractivity contribution in [1.82, 2.24) is 5.32 Å². The molecule has 0 unspecified atom stereocenters. The number of hydrogen-bond acceptors (Lipinski definition) is 2. The Balaban J connectivity index is -0.000000121. The molecule has 1 amide bonds. The summed E-state index contributed by atoms with van der Waals surface area (Å²) in [4.78, 5) is 9.99. The molecule has 3 nitrogen and oxygen atoms in total. The summed E-state index contributed by atoms with van der Waals surface area (Å²) in [6, 6.07) is 0. The zero-order valence-electron chi connectivity index (χ0n) is 13.4. The highest BCUT2D eigenvalue weighted by molar-refractivity contribution is 5.45. The normalized spacial score (nSPS) is 19.2. The molecule has 1 heterocycles. The summed E-state index contributed by atoms with van der Waals surface area (Å²) in [7, 11) is 0.500. The van der Waals surface area contributed by atoms with E-state index in [1.165, 1.54) is 0 Å². The van der Waals surface area contributed by atoms with Crippen LogP contribution in [0.15, 0.2) is 0 Å². The second-order valence-corrected chi connectivity index (χ2v) is 3.10. The number of rotatable bonds is 3. The van der Waals surface area contributed by atoms with Gasteiger partial charge in [0.1, 0.15) is 0 Å². The summed E-state index contributed by atoms with van der Waals surface area (Å²) in [5.41, 5.74) is 0. The van der Waals surface area contributed by atoms with Gasteiger partial charge < -0.3 is 10.1 Å². The van der Waals surface area contributed by atoms with Crippen molar-refractivity contribution in [2.24, 2.45) is 5.92 Å². The zero-order valence-corrected chi connectivity index (χ0v) is 13.4. The van der Waals surface area contributed by atoms with Gasteiger partial charge in [0.05, 0.1) is 13.3 Å². The van der Waals surface area contributed by atoms with Gasteiger partial charge in [-0.3, -0.25) is 9.18 Å². The van der Waals surface area contributed by atoms with Gasteiger partial charge in [-0.2, -0.15) is 0 Å². The van der Waals surface area contributed by atoms with Gasteiger partial charge in [-0.15, -0.1) is 12.8 Å². The van der Waals surface area contributed by atoms with Crippen LogP contribution in [0, 0.1) is 18.8 Å². The lowest BCUT2D eigenvalue weighted by Gasteiger charge is -2.26. The number of halogens is 1. The lowest BCUT2D eigenvalue weighted by Crippen LogP contribution is -2.30. The minimum absolute atomic E-state index is 0.363. The number of ether oxygens (including phenoxy) is 1. The fourth-order valence-electron chi connectivity index (χ4n) is 1.49. The molecule has 0 aromatic heterocycles. The van der Waals surface area contributed by atoms with Crippen LogP contribution < -0.4 is 5.32 Å². The Morgan fingerprint density at radius 2 is 1.74 bits per heavy atom. The minimum atomic E-state index is 0.363. The molecule has 2 atom stereocenters. The number of carbonyl (C=O) groups is 1. The van der Waals surface area contributed by atoms with Crippen LogP contribution in [-0.4, -0.2) is 32.8 Å². The number of hydrogen-bond donors (Lipinski definition) is 1. The molecule has 0 aliphatic carbocycles. The summed E-state index contributed by atoms with van der Waals surface area (Å²) >= 11 is 0. The minimum Gasteiger partial charge on any atom is -0.378 e. The van der Waals surface area contributed by atoms with Crippen LogP contribution in [0.5, 0.6) is 0 Å². The van der Waals surface area contributed by atoms with E-state index >= 15 is 0 Å². The molecular formula is C15H32FNO2. The number of nitrogens with one attached hydrogen (secondary N) is 1. The van der Waals surface area contributed by atoms with Crippen molar-refractivity contribution in [2.45, 2.75) is 53.6 Å². The second kappa shape index (κ2) is 30.2. The standard InChI is InChI=1S/C8H15NO2.2C2H6.C2H2.CH3F/c1-7-4-8(2-3-11-7)5-9-6-10;4*1-2/h6-8H,2-5H2,1H3,(H,9,10);2*1-2H3;1-2H;1H3/t7-,8+;;;;/m1..../s1. The SMILES string of the molecule is C#C.CC.CC.CF.C[C@@H]1C[C@@H](CNC=O)CCO1. The van der Waals surface area contributed by atoms with Crippen LogP contribution in [0.25, 0.3) is 0 Å². The highest BCUT2D eigenvalue weighted by Crippen LogP contribution is 2.18. The molecule has 0 aromatic carbocycles. The molecule has 0 spiro atoms. The Hall–Kier alpha value is -1.08. The molecular weight excluding hydrogens is 245 g/mol. The summed E-state index contributed by atoms with van der Waals surface area (Å²) in [5.74, 6) is 0.615. The first-order valence-corrected chi connectivity index (χ1v) is 6.82. The maximum absolute atomic E-state index is 9.99. The van der Waals surface area contributed by atoms with Crippen molar-refractivity contribution in [3.63, 3.8) is 0 Å². The molecule has 0 radical (unpaired) electrons. The van der Waals surface area contributed by atoms with Crippen LogP contribution in [0.3, 0.4) is 0 Å². The van der Waals surface area contributed by atoms with E-state index in [1.807, 2.05) is 27.7 Å². The lowest BCUT2D eigenvalue weighted by atomic mass is 9.96. The van der Waals surface area contributed by atoms with E-state index in [1.54, 1.807) is 0 Å². The van der Waals surface area contributed by atoms with Crippen LogP contribution >= 0.6 is 0 Å². The number of carbonyl (C=O) groups excluding carboxylic acids is 1. The Morgan fingerprint density at radius 1 is 1.26 bits per heavy atom. The van der Waals surface area contributed by atoms with E-state index in [4.69, 9.17) is 4.74 Å². The van der Waals surface area contributed by atoms with Gasteiger partial charge in [0.15, 0.2) is 0 Å². The summed E-state index contributed by atoms with van der Waals surface area (Å²) < 4.78 is 14.9. The Bertz CT molecular complexity index is 163. The first-order chi connectivity index (χ1) is 9.33. The molecule has 1 fully saturated rings. The molecule has 1 N–H and O–H groups in total. The topological polar surface area (TPSA) is 38.3 Å². The number of terminal acetylenes is 1. The first-order valence-electron chi connectivity index (χ1n) is 6.82. The van der Waals surface area contributed by atoms with E-state index in [9.17, 15) is 9.18 Å². The van der Waals surface area contributed by atoms with Gasteiger partial charge >= 0.3 is 0 Å². The molecule has 116 valence electrons. The zero-order chi connectivity index (χ0) is 16.1. The Labute approximate surface area is 119 Å². The average Bonchev–Trinajstić information content (AvgIpc) is 2.53. The predicted molar refractivity (Wildman–Crippen MR) is 81.8 cm³/mol. The summed E-state index contributed by atoms with van der Waals surface area (Å²) in [5, 5.41) is 2.70. The first kappa shape index (κ1) is 26.5. The molecule has 1 aliphatic heterocycles. The van der Waals surface area contributed by atoms with Crippen LogP contribution in [-0.2, 0) is 9.53 Å². The van der Waals surface area contributed by atoms with Crippen molar-refractivity contribution in [2.75, 3.05) is 20.3 Å². The fourth-order valence-corrected chi connectivity index (χ4v) is 1.49. The van der Waals surface area contributed by atoms with Gasteiger partial charge in [-0.1, -0.05) is 27.7 Å². The third-order valence-electron chi connectivity index (χ3n) is 2.08. The van der Waals surface area contributed by atoms with E-state index in [0.29, 0.717) is 19.2 Å². The quantitative estimate of drug-likeness (QED) is 0.634. The molecule has 0 bridgehead atoms. The van der Waals surface area contributed by atoms with Crippen LogP contribution in [0.1, 0.15) is 47.5 Å². The smallest absolute Gasteiger partial charge is 0.207 e. The van der Waals surface area contributed by atoms with E-state index in [2.05, 4.69) is 25.1 Å². The lowest BCUT2D eigenvalue weighted by molar-refractivity contribution is -0.110. The van der Waals surface area contributed by atoms with Crippen molar-refractivity contribution in [1.29, 1.82) is 0 Å². The van der Waals surface area contributed by atoms with E-state index in [0.717, 1.165) is 32.4 Å². The Morgan fingerprint density at radius 3 is 2.11 bits per heavy atom. The van der Waals surface area contributed by atoms with Gasteiger partial charge in [-0.25, -0.2) is 0 Å². The molecule has 1 rings (SSSR count). The monoisotopic (exact) mass is 277 g/mol. The van der Waals surface area contributed by atoms with Gasteiger partial charge in [0.2, 0.25) is 6.41 Å². The highest BCUT2D eigenvalue weighted by Gasteiger charge is 2.18. The number of amides is 1. The molecule has 19 heavy (non-hydrogen) atoms. The van der Waals surface area contributed by atoms with Crippen molar-refractivity contribution in [3.05, 3.63) is 0 Å². The van der Waals surface area contributed by atoms with Crippen LogP contribution in [0.2, 0.25) is 0 Å². The second-order valence-electron chi connectivity index (χ2n) is 3.10. The highest BCUT2D eigenvalue weighted by atomic mass is 19.1. The molecule has 1 saturated heterocycles. The summed E-state index contributed by atoms with van der Waals surface area (Å²) in [6.07, 6.45) is 11.3. The van der Waals surface area contributed by atoms with Crippen molar-refractivity contribution in [3.8, 4) is 12.8 Å². The van der Waals surface area contributed by atoms with Crippen molar-refractivity contribution >= 4 is 6.41 Å². The van der Waals surface area contributed by atoms with Gasteiger partial charge in [0, 0.05) is 13.2 Å². The maximum atomic E-state index is 9.99. The van der Waals surface area contributed by atoms with Gasteiger partial charge in [-0.05, 0) is 25.7 Å². The third kappa shape index (κ3) is 22.6. The number of alkyl halides is 1. The van der Waals surface area contributed by atoms with Crippen LogP contribution in [0.4, 0.5) is 4.39 Å². The average molecular weight is 277 g/mol. The summed E-state index contributed by atoms with van der Waals surface area (Å²) in [6.45, 7) is 11.7. The fraction of sp³-hybridized carbons (Fsp3) is 0.800. The maximum Gasteiger partial charge on any atom is 0.207 e. The predicted octanol–water partition coefficient (Wildman–Crippen LogP) is 3.44.